The van der Waals surface area contributed by atoms with E-state index in [2.05, 4.69) is 17.4 Å². The molecule has 1 saturated carbocycles. The summed E-state index contributed by atoms with van der Waals surface area (Å²) in [4.78, 5) is 11.6. The Hall–Kier alpha value is -1.55. The monoisotopic (exact) mass is 291 g/mol. The van der Waals surface area contributed by atoms with Crippen molar-refractivity contribution in [2.24, 2.45) is 0 Å². The van der Waals surface area contributed by atoms with Gasteiger partial charge in [-0.25, -0.2) is 0 Å². The second-order valence-electron chi connectivity index (χ2n) is 6.61. The summed E-state index contributed by atoms with van der Waals surface area (Å²) in [7, 11) is 1.68. The van der Waals surface area contributed by atoms with E-state index in [9.17, 15) is 4.79 Å². The van der Waals surface area contributed by atoms with Crippen LogP contribution in [0.1, 0.15) is 45.1 Å². The Balaban J connectivity index is 1.70. The van der Waals surface area contributed by atoms with E-state index < -0.39 is 5.60 Å². The Morgan fingerprint density at radius 2 is 1.86 bits per heavy atom. The number of carbonyl (C=O) groups is 1. The topological polar surface area (TPSA) is 47.6 Å². The fourth-order valence-corrected chi connectivity index (χ4v) is 2.54. The number of methoxy groups -OCH3 is 1. The SMILES string of the molecule is COc1ccc(C2CC(NCC(=O)OC(C)(C)C)C2)cc1. The molecule has 1 aliphatic rings. The van der Waals surface area contributed by atoms with Gasteiger partial charge in [0.1, 0.15) is 11.4 Å². The van der Waals surface area contributed by atoms with Crippen LogP contribution < -0.4 is 10.1 Å². The summed E-state index contributed by atoms with van der Waals surface area (Å²) in [5.41, 5.74) is 0.926. The number of rotatable bonds is 5. The minimum absolute atomic E-state index is 0.185. The van der Waals surface area contributed by atoms with Crippen molar-refractivity contribution in [3.05, 3.63) is 29.8 Å². The average Bonchev–Trinajstić information content (AvgIpc) is 2.35. The van der Waals surface area contributed by atoms with Crippen LogP contribution in [0, 0.1) is 0 Å². The van der Waals surface area contributed by atoms with Gasteiger partial charge in [-0.2, -0.15) is 0 Å². The quantitative estimate of drug-likeness (QED) is 0.847. The van der Waals surface area contributed by atoms with Gasteiger partial charge in [-0.1, -0.05) is 12.1 Å². The smallest absolute Gasteiger partial charge is 0.320 e. The van der Waals surface area contributed by atoms with Gasteiger partial charge in [0.05, 0.1) is 13.7 Å². The molecule has 0 spiro atoms. The molecule has 21 heavy (non-hydrogen) atoms. The van der Waals surface area contributed by atoms with E-state index in [0.29, 0.717) is 12.0 Å². The van der Waals surface area contributed by atoms with Gasteiger partial charge in [-0.3, -0.25) is 4.79 Å². The van der Waals surface area contributed by atoms with Crippen LogP contribution in [-0.2, 0) is 9.53 Å². The molecule has 0 aromatic heterocycles. The van der Waals surface area contributed by atoms with Crippen LogP contribution in [0.3, 0.4) is 0 Å². The van der Waals surface area contributed by atoms with Gasteiger partial charge >= 0.3 is 5.97 Å². The van der Waals surface area contributed by atoms with Gasteiger partial charge in [-0.15, -0.1) is 0 Å². The maximum absolute atomic E-state index is 11.6. The van der Waals surface area contributed by atoms with Gasteiger partial charge in [0, 0.05) is 6.04 Å². The molecule has 0 saturated heterocycles. The lowest BCUT2D eigenvalue weighted by atomic mass is 9.76. The fraction of sp³-hybridized carbons (Fsp3) is 0.588. The molecule has 0 unspecified atom stereocenters. The first-order valence-corrected chi connectivity index (χ1v) is 7.46. The lowest BCUT2D eigenvalue weighted by Gasteiger charge is -2.36. The minimum atomic E-state index is -0.413. The molecule has 0 bridgehead atoms. The zero-order valence-corrected chi connectivity index (χ0v) is 13.3. The number of esters is 1. The van der Waals surface area contributed by atoms with Gasteiger partial charge < -0.3 is 14.8 Å². The zero-order chi connectivity index (χ0) is 15.5. The maximum atomic E-state index is 11.6. The average molecular weight is 291 g/mol. The molecule has 1 fully saturated rings. The van der Waals surface area contributed by atoms with E-state index in [1.807, 2.05) is 32.9 Å². The van der Waals surface area contributed by atoms with Crippen LogP contribution in [0.25, 0.3) is 0 Å². The highest BCUT2D eigenvalue weighted by Gasteiger charge is 2.30. The van der Waals surface area contributed by atoms with Crippen LogP contribution in [0.5, 0.6) is 5.75 Å². The largest absolute Gasteiger partial charge is 0.497 e. The van der Waals surface area contributed by atoms with E-state index in [0.717, 1.165) is 18.6 Å². The fourth-order valence-electron chi connectivity index (χ4n) is 2.54. The summed E-state index contributed by atoms with van der Waals surface area (Å²) in [5.74, 6) is 1.28. The summed E-state index contributed by atoms with van der Waals surface area (Å²) < 4.78 is 10.4. The number of hydrogen-bond acceptors (Lipinski definition) is 4. The summed E-state index contributed by atoms with van der Waals surface area (Å²) >= 11 is 0. The van der Waals surface area contributed by atoms with Gasteiger partial charge in [0.25, 0.3) is 0 Å². The molecule has 0 heterocycles. The molecule has 0 aliphatic heterocycles. The Labute approximate surface area is 126 Å². The van der Waals surface area contributed by atoms with E-state index in [4.69, 9.17) is 9.47 Å². The first-order chi connectivity index (χ1) is 9.87. The third-order valence-electron chi connectivity index (χ3n) is 3.68. The molecule has 4 nitrogen and oxygen atoms in total. The van der Waals surface area contributed by atoms with Gasteiger partial charge in [0.2, 0.25) is 0 Å². The summed E-state index contributed by atoms with van der Waals surface area (Å²) in [6.07, 6.45) is 2.13. The molecule has 4 heteroatoms. The number of hydrogen-bond donors (Lipinski definition) is 1. The molecule has 1 aromatic rings. The van der Waals surface area contributed by atoms with Gasteiger partial charge in [-0.05, 0) is 57.2 Å². The van der Waals surface area contributed by atoms with E-state index in [1.54, 1.807) is 7.11 Å². The molecule has 1 N–H and O–H groups in total. The Bertz CT molecular complexity index is 470. The van der Waals surface area contributed by atoms with E-state index >= 15 is 0 Å². The standard InChI is InChI=1S/C17H25NO3/c1-17(2,3)21-16(19)11-18-14-9-13(10-14)12-5-7-15(20-4)8-6-12/h5-8,13-14,18H,9-11H2,1-4H3. The number of nitrogens with one attached hydrogen (secondary N) is 1. The molecule has 116 valence electrons. The predicted molar refractivity (Wildman–Crippen MR) is 82.6 cm³/mol. The molecular weight excluding hydrogens is 266 g/mol. The predicted octanol–water partition coefficient (Wildman–Crippen LogP) is 2.87. The lowest BCUT2D eigenvalue weighted by Crippen LogP contribution is -2.43. The van der Waals surface area contributed by atoms with Crippen molar-refractivity contribution in [2.45, 2.75) is 51.2 Å². The van der Waals surface area contributed by atoms with Crippen molar-refractivity contribution < 1.29 is 14.3 Å². The van der Waals surface area contributed by atoms with Crippen molar-refractivity contribution in [1.82, 2.24) is 5.32 Å². The van der Waals surface area contributed by atoms with Crippen LogP contribution >= 0.6 is 0 Å². The van der Waals surface area contributed by atoms with Crippen molar-refractivity contribution >= 4 is 5.97 Å². The molecule has 1 aliphatic carbocycles. The minimum Gasteiger partial charge on any atom is -0.497 e. The molecule has 1 aromatic carbocycles. The van der Waals surface area contributed by atoms with Crippen LogP contribution in [0.4, 0.5) is 0 Å². The van der Waals surface area contributed by atoms with E-state index in [1.165, 1.54) is 5.56 Å². The first kappa shape index (κ1) is 15.8. The molecule has 0 amide bonds. The van der Waals surface area contributed by atoms with Crippen molar-refractivity contribution in [3.8, 4) is 5.75 Å². The molecular formula is C17H25NO3. The highest BCUT2D eigenvalue weighted by atomic mass is 16.6. The van der Waals surface area contributed by atoms with Crippen molar-refractivity contribution in [1.29, 1.82) is 0 Å². The van der Waals surface area contributed by atoms with Gasteiger partial charge in [0.15, 0.2) is 0 Å². The normalized spacial score (nSPS) is 21.5. The van der Waals surface area contributed by atoms with Crippen molar-refractivity contribution in [3.63, 3.8) is 0 Å². The van der Waals surface area contributed by atoms with Crippen molar-refractivity contribution in [2.75, 3.05) is 13.7 Å². The van der Waals surface area contributed by atoms with Crippen LogP contribution in [0.2, 0.25) is 0 Å². The number of carbonyl (C=O) groups excluding carboxylic acids is 1. The molecule has 0 radical (unpaired) electrons. The zero-order valence-electron chi connectivity index (χ0n) is 13.3. The summed E-state index contributed by atoms with van der Waals surface area (Å²) in [6.45, 7) is 5.94. The van der Waals surface area contributed by atoms with Crippen LogP contribution in [0.15, 0.2) is 24.3 Å². The number of ether oxygens (including phenoxy) is 2. The summed E-state index contributed by atoms with van der Waals surface area (Å²) in [6, 6.07) is 8.64. The third-order valence-corrected chi connectivity index (χ3v) is 3.68. The lowest BCUT2D eigenvalue weighted by molar-refractivity contribution is -0.153. The van der Waals surface area contributed by atoms with Crippen LogP contribution in [-0.4, -0.2) is 31.3 Å². The first-order valence-electron chi connectivity index (χ1n) is 7.46. The number of benzene rings is 1. The maximum Gasteiger partial charge on any atom is 0.320 e. The molecule has 2 rings (SSSR count). The Morgan fingerprint density at radius 1 is 1.24 bits per heavy atom. The molecule has 0 atom stereocenters. The Kier molecular flexibility index (Phi) is 4.88. The second-order valence-corrected chi connectivity index (χ2v) is 6.61. The third kappa shape index (κ3) is 4.74. The highest BCUT2D eigenvalue weighted by molar-refractivity contribution is 5.72. The highest BCUT2D eigenvalue weighted by Crippen LogP contribution is 2.37. The Morgan fingerprint density at radius 3 is 2.38 bits per heavy atom. The summed E-state index contributed by atoms with van der Waals surface area (Å²) in [5, 5.41) is 3.26. The second kappa shape index (κ2) is 6.48. The van der Waals surface area contributed by atoms with E-state index in [-0.39, 0.29) is 12.5 Å².